The highest BCUT2D eigenvalue weighted by atomic mass is 16.3. The lowest BCUT2D eigenvalue weighted by atomic mass is 9.95. The molecular weight excluding hydrogens is 294 g/mol. The van der Waals surface area contributed by atoms with Crippen LogP contribution in [0.4, 0.5) is 0 Å². The first-order chi connectivity index (χ1) is 11.0. The topological polar surface area (TPSA) is 97.3 Å². The maximum absolute atomic E-state index is 11.0. The van der Waals surface area contributed by atoms with Gasteiger partial charge in [-0.3, -0.25) is 9.69 Å². The molecular formula is C16H21N5O2. The molecule has 1 amide bonds. The predicted octanol–water partition coefficient (Wildman–Crippen LogP) is 0.0292. The third-order valence-electron chi connectivity index (χ3n) is 4.19. The number of carbonyl (C=O) groups is 1. The third kappa shape index (κ3) is 3.40. The minimum Gasteiger partial charge on any atom is -0.384 e. The highest BCUT2D eigenvalue weighted by Gasteiger charge is 2.37. The quantitative estimate of drug-likeness (QED) is 0.784. The maximum Gasteiger partial charge on any atom is 0.239 e. The lowest BCUT2D eigenvalue weighted by Crippen LogP contribution is -2.37. The van der Waals surface area contributed by atoms with Crippen LogP contribution >= 0.6 is 0 Å². The molecule has 1 heterocycles. The number of hydrogen-bond acceptors (Lipinski definition) is 5. The maximum atomic E-state index is 11.0. The SMILES string of the molecule is CN(Cc1cn(CC(N)=O)nn1)CC1(O)CCc2ccccc21. The van der Waals surface area contributed by atoms with Crippen molar-refractivity contribution < 1.29 is 9.90 Å². The second-order valence-electron chi connectivity index (χ2n) is 6.23. The van der Waals surface area contributed by atoms with E-state index in [2.05, 4.69) is 16.4 Å². The molecule has 1 aromatic heterocycles. The van der Waals surface area contributed by atoms with Crippen molar-refractivity contribution in [2.45, 2.75) is 31.5 Å². The van der Waals surface area contributed by atoms with Gasteiger partial charge in [0.2, 0.25) is 5.91 Å². The molecule has 7 nitrogen and oxygen atoms in total. The monoisotopic (exact) mass is 315 g/mol. The molecule has 0 spiro atoms. The molecule has 1 aliphatic rings. The summed E-state index contributed by atoms with van der Waals surface area (Å²) >= 11 is 0. The van der Waals surface area contributed by atoms with E-state index in [1.54, 1.807) is 6.20 Å². The summed E-state index contributed by atoms with van der Waals surface area (Å²) in [6.45, 7) is 1.09. The van der Waals surface area contributed by atoms with Crippen LogP contribution in [0.1, 0.15) is 23.2 Å². The number of nitrogens with two attached hydrogens (primary N) is 1. The number of carbonyl (C=O) groups excluding carboxylic acids is 1. The van der Waals surface area contributed by atoms with Crippen LogP contribution in [-0.4, -0.2) is 44.5 Å². The highest BCUT2D eigenvalue weighted by molar-refractivity contribution is 5.73. The zero-order valence-corrected chi connectivity index (χ0v) is 13.1. The normalized spacial score (nSPS) is 20.0. The van der Waals surface area contributed by atoms with Crippen LogP contribution in [0.25, 0.3) is 0 Å². The molecule has 2 aromatic rings. The Morgan fingerprint density at radius 3 is 3.04 bits per heavy atom. The van der Waals surface area contributed by atoms with E-state index in [0.29, 0.717) is 13.1 Å². The number of likely N-dealkylation sites (N-methyl/N-ethyl adjacent to an activating group) is 1. The lowest BCUT2D eigenvalue weighted by Gasteiger charge is -2.29. The van der Waals surface area contributed by atoms with Gasteiger partial charge in [-0.1, -0.05) is 29.5 Å². The van der Waals surface area contributed by atoms with Crippen LogP contribution in [0.5, 0.6) is 0 Å². The molecule has 1 aliphatic carbocycles. The molecule has 7 heteroatoms. The van der Waals surface area contributed by atoms with Crippen LogP contribution in [-0.2, 0) is 29.9 Å². The van der Waals surface area contributed by atoms with Gasteiger partial charge < -0.3 is 10.8 Å². The van der Waals surface area contributed by atoms with Crippen LogP contribution in [0.15, 0.2) is 30.5 Å². The minimum absolute atomic E-state index is 0.0219. The van der Waals surface area contributed by atoms with Crippen LogP contribution in [0.3, 0.4) is 0 Å². The van der Waals surface area contributed by atoms with Gasteiger partial charge in [0.15, 0.2) is 0 Å². The summed E-state index contributed by atoms with van der Waals surface area (Å²) in [7, 11) is 1.94. The average Bonchev–Trinajstić information content (AvgIpc) is 3.04. The number of amides is 1. The molecule has 0 radical (unpaired) electrons. The molecule has 1 aromatic carbocycles. The number of aryl methyl sites for hydroxylation is 1. The van der Waals surface area contributed by atoms with Crippen molar-refractivity contribution in [1.82, 2.24) is 19.9 Å². The van der Waals surface area contributed by atoms with Gasteiger partial charge in [0.25, 0.3) is 0 Å². The van der Waals surface area contributed by atoms with E-state index >= 15 is 0 Å². The Balaban J connectivity index is 1.65. The predicted molar refractivity (Wildman–Crippen MR) is 84.2 cm³/mol. The molecule has 1 unspecified atom stereocenters. The van der Waals surface area contributed by atoms with E-state index in [4.69, 9.17) is 5.73 Å². The number of primary amides is 1. The second-order valence-corrected chi connectivity index (χ2v) is 6.23. The van der Waals surface area contributed by atoms with E-state index in [1.165, 1.54) is 10.2 Å². The Bertz CT molecular complexity index is 714. The van der Waals surface area contributed by atoms with Gasteiger partial charge in [0, 0.05) is 13.1 Å². The first-order valence-electron chi connectivity index (χ1n) is 7.63. The molecule has 0 saturated carbocycles. The van der Waals surface area contributed by atoms with E-state index in [0.717, 1.165) is 24.1 Å². The molecule has 0 fully saturated rings. The molecule has 122 valence electrons. The standard InChI is InChI=1S/C16H21N5O2/c1-20(8-13-9-21(19-18-13)10-15(17)22)11-16(23)7-6-12-4-2-3-5-14(12)16/h2-5,9,23H,6-8,10-11H2,1H3,(H2,17,22). The molecule has 0 saturated heterocycles. The van der Waals surface area contributed by atoms with E-state index < -0.39 is 11.5 Å². The first-order valence-corrected chi connectivity index (χ1v) is 7.63. The Morgan fingerprint density at radius 2 is 2.26 bits per heavy atom. The number of aromatic nitrogens is 3. The smallest absolute Gasteiger partial charge is 0.239 e. The van der Waals surface area contributed by atoms with Crippen molar-refractivity contribution in [3.05, 3.63) is 47.3 Å². The van der Waals surface area contributed by atoms with E-state index in [1.807, 2.05) is 30.1 Å². The second kappa shape index (κ2) is 6.10. The van der Waals surface area contributed by atoms with Crippen LogP contribution in [0.2, 0.25) is 0 Å². The fourth-order valence-corrected chi connectivity index (χ4v) is 3.26. The first kappa shape index (κ1) is 15.6. The Labute approximate surface area is 134 Å². The molecule has 3 rings (SSSR count). The van der Waals surface area contributed by atoms with Crippen LogP contribution in [0, 0.1) is 0 Å². The molecule has 0 aliphatic heterocycles. The highest BCUT2D eigenvalue weighted by Crippen LogP contribution is 2.37. The number of nitrogens with zero attached hydrogens (tertiary/aromatic N) is 4. The zero-order chi connectivity index (χ0) is 16.4. The number of hydrogen-bond donors (Lipinski definition) is 2. The summed E-state index contributed by atoms with van der Waals surface area (Å²) in [5, 5.41) is 18.9. The third-order valence-corrected chi connectivity index (χ3v) is 4.19. The summed E-state index contributed by atoms with van der Waals surface area (Å²) in [6, 6.07) is 8.04. The van der Waals surface area contributed by atoms with E-state index in [-0.39, 0.29) is 6.54 Å². The number of aliphatic hydroxyl groups is 1. The van der Waals surface area contributed by atoms with Gasteiger partial charge >= 0.3 is 0 Å². The average molecular weight is 315 g/mol. The molecule has 1 atom stereocenters. The Hall–Kier alpha value is -2.25. The Morgan fingerprint density at radius 1 is 1.48 bits per heavy atom. The fraction of sp³-hybridized carbons (Fsp3) is 0.438. The fourth-order valence-electron chi connectivity index (χ4n) is 3.26. The van der Waals surface area contributed by atoms with Crippen molar-refractivity contribution >= 4 is 5.91 Å². The number of benzene rings is 1. The molecule has 23 heavy (non-hydrogen) atoms. The minimum atomic E-state index is -0.825. The van der Waals surface area contributed by atoms with Gasteiger partial charge in [-0.15, -0.1) is 5.10 Å². The zero-order valence-electron chi connectivity index (χ0n) is 13.1. The summed E-state index contributed by atoms with van der Waals surface area (Å²) in [6.07, 6.45) is 3.33. The van der Waals surface area contributed by atoms with Crippen LogP contribution < -0.4 is 5.73 Å². The van der Waals surface area contributed by atoms with Crippen molar-refractivity contribution in [3.63, 3.8) is 0 Å². The summed E-state index contributed by atoms with van der Waals surface area (Å²) in [5.41, 5.74) is 7.29. The van der Waals surface area contributed by atoms with Crippen molar-refractivity contribution in [3.8, 4) is 0 Å². The van der Waals surface area contributed by atoms with Gasteiger partial charge in [-0.2, -0.15) is 0 Å². The van der Waals surface area contributed by atoms with Crippen molar-refractivity contribution in [1.29, 1.82) is 0 Å². The lowest BCUT2D eigenvalue weighted by molar-refractivity contribution is -0.118. The largest absolute Gasteiger partial charge is 0.384 e. The van der Waals surface area contributed by atoms with Crippen molar-refractivity contribution in [2.75, 3.05) is 13.6 Å². The van der Waals surface area contributed by atoms with Gasteiger partial charge in [0.05, 0.1) is 11.9 Å². The van der Waals surface area contributed by atoms with E-state index in [9.17, 15) is 9.90 Å². The van der Waals surface area contributed by atoms with Crippen molar-refractivity contribution in [2.24, 2.45) is 5.73 Å². The molecule has 0 bridgehead atoms. The Kier molecular flexibility index (Phi) is 4.14. The summed E-state index contributed by atoms with van der Waals surface area (Å²) in [4.78, 5) is 12.9. The summed E-state index contributed by atoms with van der Waals surface area (Å²) in [5.74, 6) is -0.452. The van der Waals surface area contributed by atoms with Gasteiger partial charge in [-0.05, 0) is 31.0 Å². The number of rotatable bonds is 6. The number of fused-ring (bicyclic) bond motifs is 1. The summed E-state index contributed by atoms with van der Waals surface area (Å²) < 4.78 is 1.42. The van der Waals surface area contributed by atoms with Gasteiger partial charge in [-0.25, -0.2) is 4.68 Å². The molecule has 3 N–H and O–H groups in total. The van der Waals surface area contributed by atoms with Gasteiger partial charge in [0.1, 0.15) is 12.1 Å².